The number of hydrogen-bond acceptors (Lipinski definition) is 5. The van der Waals surface area contributed by atoms with E-state index in [-0.39, 0.29) is 0 Å². The maximum Gasteiger partial charge on any atom is 0.213 e. The molecule has 0 saturated heterocycles. The first-order valence-electron chi connectivity index (χ1n) is 5.60. The monoisotopic (exact) mass is 327 g/mol. The first kappa shape index (κ1) is 13.5. The average Bonchev–Trinajstić information content (AvgIpc) is 2.75. The fourth-order valence-electron chi connectivity index (χ4n) is 1.41. The minimum Gasteiger partial charge on any atom is -0.313 e. The summed E-state index contributed by atoms with van der Waals surface area (Å²) in [6.07, 6.45) is 0. The smallest absolute Gasteiger partial charge is 0.213 e. The minimum absolute atomic E-state index is 0.773. The molecule has 0 spiro atoms. The molecule has 2 rings (SSSR count). The van der Waals surface area contributed by atoms with Crippen molar-refractivity contribution in [1.82, 2.24) is 25.5 Å². The minimum atomic E-state index is 0.773. The van der Waals surface area contributed by atoms with Crippen LogP contribution < -0.4 is 5.32 Å². The summed E-state index contributed by atoms with van der Waals surface area (Å²) in [4.78, 5) is 1.10. The summed E-state index contributed by atoms with van der Waals surface area (Å²) in [7, 11) is 1.83. The summed E-state index contributed by atoms with van der Waals surface area (Å²) in [5.74, 6) is 0. The molecule has 1 aromatic heterocycles. The van der Waals surface area contributed by atoms with E-state index in [0.717, 1.165) is 27.6 Å². The molecule has 0 saturated carbocycles. The van der Waals surface area contributed by atoms with E-state index in [0.29, 0.717) is 0 Å². The lowest BCUT2D eigenvalue weighted by Crippen LogP contribution is -2.11. The van der Waals surface area contributed by atoms with E-state index >= 15 is 0 Å². The first-order valence-corrected chi connectivity index (χ1v) is 7.21. The van der Waals surface area contributed by atoms with Crippen molar-refractivity contribution in [2.45, 2.75) is 23.5 Å². The van der Waals surface area contributed by atoms with E-state index < -0.39 is 0 Å². The Bertz CT molecular complexity index is 528. The molecule has 0 radical (unpaired) electrons. The Labute approximate surface area is 118 Å². The molecule has 0 atom stereocenters. The van der Waals surface area contributed by atoms with Gasteiger partial charge in [0.05, 0.1) is 0 Å². The molecule has 1 aromatic carbocycles. The molecule has 18 heavy (non-hydrogen) atoms. The lowest BCUT2D eigenvalue weighted by molar-refractivity contribution is 0.664. The maximum absolute atomic E-state index is 3.96. The number of aromatic nitrogens is 4. The second-order valence-corrected chi connectivity index (χ2v) is 5.60. The average molecular weight is 328 g/mol. The van der Waals surface area contributed by atoms with Crippen molar-refractivity contribution >= 4 is 27.7 Å². The standard InChI is InChI=1S/C11H14BrN5S/c1-3-13-7-8-4-5-10(9(12)6-8)18-11-14-15-16-17(11)2/h4-6,13H,3,7H2,1-2H3. The van der Waals surface area contributed by atoms with Crippen molar-refractivity contribution in [3.05, 3.63) is 28.2 Å². The summed E-state index contributed by atoms with van der Waals surface area (Å²) >= 11 is 5.12. The van der Waals surface area contributed by atoms with Crippen molar-refractivity contribution in [2.75, 3.05) is 6.54 Å². The van der Waals surface area contributed by atoms with Gasteiger partial charge >= 0.3 is 0 Å². The highest BCUT2D eigenvalue weighted by Gasteiger charge is 2.08. The summed E-state index contributed by atoms with van der Waals surface area (Å²) < 4.78 is 2.72. The van der Waals surface area contributed by atoms with Crippen LogP contribution in [-0.2, 0) is 13.6 Å². The Morgan fingerprint density at radius 3 is 2.89 bits per heavy atom. The van der Waals surface area contributed by atoms with E-state index in [9.17, 15) is 0 Å². The van der Waals surface area contributed by atoms with Crippen LogP contribution in [-0.4, -0.2) is 26.8 Å². The highest BCUT2D eigenvalue weighted by molar-refractivity contribution is 9.10. The van der Waals surface area contributed by atoms with Gasteiger partial charge in [-0.2, -0.15) is 0 Å². The predicted octanol–water partition coefficient (Wildman–Crippen LogP) is 2.23. The zero-order chi connectivity index (χ0) is 13.0. The molecule has 1 N–H and O–H groups in total. The quantitative estimate of drug-likeness (QED) is 0.912. The van der Waals surface area contributed by atoms with Gasteiger partial charge in [-0.1, -0.05) is 13.0 Å². The Morgan fingerprint density at radius 1 is 1.44 bits per heavy atom. The van der Waals surface area contributed by atoms with Crippen LogP contribution in [0.1, 0.15) is 12.5 Å². The Hall–Kier alpha value is -0.920. The van der Waals surface area contributed by atoms with Gasteiger partial charge in [0.2, 0.25) is 5.16 Å². The van der Waals surface area contributed by atoms with Crippen LogP contribution in [0.5, 0.6) is 0 Å². The zero-order valence-electron chi connectivity index (χ0n) is 10.2. The molecule has 0 aliphatic rings. The van der Waals surface area contributed by atoms with Gasteiger partial charge in [-0.15, -0.1) is 5.10 Å². The molecule has 0 fully saturated rings. The van der Waals surface area contributed by atoms with Gasteiger partial charge in [-0.25, -0.2) is 4.68 Å². The van der Waals surface area contributed by atoms with Crippen molar-refractivity contribution < 1.29 is 0 Å². The largest absolute Gasteiger partial charge is 0.313 e. The number of tetrazole rings is 1. The van der Waals surface area contributed by atoms with Crippen molar-refractivity contribution in [1.29, 1.82) is 0 Å². The van der Waals surface area contributed by atoms with E-state index in [4.69, 9.17) is 0 Å². The third kappa shape index (κ3) is 3.30. The van der Waals surface area contributed by atoms with Crippen molar-refractivity contribution in [3.63, 3.8) is 0 Å². The van der Waals surface area contributed by atoms with Gasteiger partial charge in [0.25, 0.3) is 0 Å². The summed E-state index contributed by atoms with van der Waals surface area (Å²) in [6, 6.07) is 6.31. The topological polar surface area (TPSA) is 55.6 Å². The highest BCUT2D eigenvalue weighted by Crippen LogP contribution is 2.32. The molecule has 0 amide bonds. The lowest BCUT2D eigenvalue weighted by Gasteiger charge is -2.06. The van der Waals surface area contributed by atoms with Crippen LogP contribution in [0.15, 0.2) is 32.7 Å². The number of hydrogen-bond donors (Lipinski definition) is 1. The van der Waals surface area contributed by atoms with Gasteiger partial charge in [0.15, 0.2) is 0 Å². The van der Waals surface area contributed by atoms with Gasteiger partial charge < -0.3 is 5.32 Å². The van der Waals surface area contributed by atoms with E-state index in [2.05, 4.69) is 61.9 Å². The molecule has 0 aliphatic heterocycles. The predicted molar refractivity (Wildman–Crippen MR) is 74.4 cm³/mol. The molecule has 0 unspecified atom stereocenters. The summed E-state index contributed by atoms with van der Waals surface area (Å²) in [5, 5.41) is 15.5. The molecule has 5 nitrogen and oxygen atoms in total. The first-order chi connectivity index (χ1) is 8.70. The molecular formula is C11H14BrN5S. The number of halogens is 1. The molecule has 0 bridgehead atoms. The number of nitrogens with zero attached hydrogens (tertiary/aromatic N) is 4. The van der Waals surface area contributed by atoms with Crippen LogP contribution in [0.2, 0.25) is 0 Å². The third-order valence-electron chi connectivity index (χ3n) is 2.36. The Morgan fingerprint density at radius 2 is 2.28 bits per heavy atom. The second-order valence-electron chi connectivity index (χ2n) is 3.73. The van der Waals surface area contributed by atoms with E-state index in [1.54, 1.807) is 4.68 Å². The van der Waals surface area contributed by atoms with E-state index in [1.807, 2.05) is 7.05 Å². The maximum atomic E-state index is 3.96. The molecule has 7 heteroatoms. The number of nitrogens with one attached hydrogen (secondary N) is 1. The van der Waals surface area contributed by atoms with Crippen molar-refractivity contribution in [2.24, 2.45) is 7.05 Å². The fourth-order valence-corrected chi connectivity index (χ4v) is 2.82. The Balaban J connectivity index is 2.12. The molecule has 2 aromatic rings. The molecule has 1 heterocycles. The molecular weight excluding hydrogens is 314 g/mol. The van der Waals surface area contributed by atoms with Crippen LogP contribution in [0.25, 0.3) is 0 Å². The van der Waals surface area contributed by atoms with Gasteiger partial charge in [0, 0.05) is 23.0 Å². The number of rotatable bonds is 5. The van der Waals surface area contributed by atoms with Gasteiger partial charge in [-0.3, -0.25) is 0 Å². The fraction of sp³-hybridized carbons (Fsp3) is 0.364. The van der Waals surface area contributed by atoms with Gasteiger partial charge in [0.1, 0.15) is 0 Å². The zero-order valence-corrected chi connectivity index (χ0v) is 12.6. The number of aryl methyl sites for hydroxylation is 1. The summed E-state index contributed by atoms with van der Waals surface area (Å²) in [5.41, 5.74) is 1.25. The molecule has 96 valence electrons. The van der Waals surface area contributed by atoms with Crippen LogP contribution >= 0.6 is 27.7 Å². The summed E-state index contributed by atoms with van der Waals surface area (Å²) in [6.45, 7) is 3.95. The van der Waals surface area contributed by atoms with Crippen LogP contribution in [0.4, 0.5) is 0 Å². The Kier molecular flexibility index (Phi) is 4.73. The van der Waals surface area contributed by atoms with Crippen LogP contribution in [0, 0.1) is 0 Å². The molecule has 0 aliphatic carbocycles. The van der Waals surface area contributed by atoms with Crippen LogP contribution in [0.3, 0.4) is 0 Å². The third-order valence-corrected chi connectivity index (χ3v) is 4.38. The highest BCUT2D eigenvalue weighted by atomic mass is 79.9. The van der Waals surface area contributed by atoms with Crippen molar-refractivity contribution in [3.8, 4) is 0 Å². The van der Waals surface area contributed by atoms with E-state index in [1.165, 1.54) is 17.3 Å². The normalized spacial score (nSPS) is 10.8. The van der Waals surface area contributed by atoms with Gasteiger partial charge in [-0.05, 0) is 62.4 Å². The lowest BCUT2D eigenvalue weighted by atomic mass is 10.2. The SMILES string of the molecule is CCNCc1ccc(Sc2nnnn2C)c(Br)c1. The number of benzene rings is 1. The second kappa shape index (κ2) is 6.31.